The lowest BCUT2D eigenvalue weighted by Gasteiger charge is -2.11. The maximum absolute atomic E-state index is 12.8. The number of non-ortho nitro benzene ring substituents is 1. The number of aromatic hydroxyl groups is 1. The third kappa shape index (κ3) is 3.50. The number of carbonyl (C=O) groups excluding carboxylic acids is 1. The molecule has 0 radical (unpaired) electrons. The molecule has 1 amide bonds. The number of benzene rings is 2. The van der Waals surface area contributed by atoms with E-state index in [1.807, 2.05) is 6.07 Å². The summed E-state index contributed by atoms with van der Waals surface area (Å²) in [5.74, 6) is -0.671. The van der Waals surface area contributed by atoms with Crippen LogP contribution in [0.1, 0.15) is 19.4 Å². The Morgan fingerprint density at radius 1 is 1.30 bits per heavy atom. The topological polar surface area (TPSA) is 105 Å². The van der Waals surface area contributed by atoms with Crippen LogP contribution in [0.4, 0.5) is 11.4 Å². The van der Waals surface area contributed by atoms with Crippen LogP contribution in [-0.2, 0) is 4.79 Å². The molecule has 0 aliphatic carbocycles. The standard InChI is InChI=1S/C19H17N3O5/c1-3-27-17-11-15(22(25)26)9-13(18(17)23)10-16-12(2)20-21(19(16)24)14-7-5-4-6-8-14/h4-11,23H,3H2,1-2H3/b16-10+. The SMILES string of the molecule is CCOc1cc([N+](=O)[O-])cc(/C=C2/C(=O)N(c3ccccc3)N=C2C)c1O. The maximum atomic E-state index is 12.8. The molecule has 0 saturated heterocycles. The van der Waals surface area contributed by atoms with Crippen LogP contribution in [0, 0.1) is 10.1 Å². The van der Waals surface area contributed by atoms with Crippen LogP contribution in [0.3, 0.4) is 0 Å². The third-order valence-corrected chi connectivity index (χ3v) is 3.96. The number of phenolic OH excluding ortho intramolecular Hbond substituents is 1. The summed E-state index contributed by atoms with van der Waals surface area (Å²) in [5, 5.41) is 27.1. The summed E-state index contributed by atoms with van der Waals surface area (Å²) in [5.41, 5.74) is 1.14. The molecule has 2 aromatic rings. The van der Waals surface area contributed by atoms with E-state index in [2.05, 4.69) is 5.10 Å². The van der Waals surface area contributed by atoms with E-state index in [4.69, 9.17) is 4.74 Å². The second-order valence-corrected chi connectivity index (χ2v) is 5.77. The fourth-order valence-corrected chi connectivity index (χ4v) is 2.68. The van der Waals surface area contributed by atoms with E-state index in [0.29, 0.717) is 11.4 Å². The Hall–Kier alpha value is -3.68. The van der Waals surface area contributed by atoms with E-state index in [-0.39, 0.29) is 40.8 Å². The first-order valence-electron chi connectivity index (χ1n) is 8.23. The highest BCUT2D eigenvalue weighted by Crippen LogP contribution is 2.37. The number of para-hydroxylation sites is 1. The Kier molecular flexibility index (Phi) is 4.89. The summed E-state index contributed by atoms with van der Waals surface area (Å²) in [6.07, 6.45) is 1.38. The van der Waals surface area contributed by atoms with Gasteiger partial charge in [0.15, 0.2) is 11.5 Å². The molecule has 138 valence electrons. The number of anilines is 1. The van der Waals surface area contributed by atoms with Crippen molar-refractivity contribution in [2.24, 2.45) is 5.10 Å². The zero-order valence-corrected chi connectivity index (χ0v) is 14.7. The van der Waals surface area contributed by atoms with Crippen LogP contribution < -0.4 is 9.75 Å². The number of hydrazone groups is 1. The normalized spacial score (nSPS) is 15.2. The van der Waals surface area contributed by atoms with Crippen molar-refractivity contribution in [3.63, 3.8) is 0 Å². The van der Waals surface area contributed by atoms with Gasteiger partial charge in [0.05, 0.1) is 34.6 Å². The van der Waals surface area contributed by atoms with Gasteiger partial charge in [-0.25, -0.2) is 0 Å². The Bertz CT molecular complexity index is 967. The molecule has 27 heavy (non-hydrogen) atoms. The van der Waals surface area contributed by atoms with Gasteiger partial charge in [-0.1, -0.05) is 18.2 Å². The minimum atomic E-state index is -0.586. The summed E-state index contributed by atoms with van der Waals surface area (Å²) in [4.78, 5) is 23.3. The van der Waals surface area contributed by atoms with Gasteiger partial charge in [-0.2, -0.15) is 10.1 Å². The summed E-state index contributed by atoms with van der Waals surface area (Å²) >= 11 is 0. The maximum Gasteiger partial charge on any atom is 0.280 e. The molecular formula is C19H17N3O5. The molecule has 0 bridgehead atoms. The summed E-state index contributed by atoms with van der Waals surface area (Å²) in [6, 6.07) is 11.2. The first-order chi connectivity index (χ1) is 12.9. The second-order valence-electron chi connectivity index (χ2n) is 5.77. The van der Waals surface area contributed by atoms with Crippen molar-refractivity contribution in [3.05, 3.63) is 63.7 Å². The Labute approximate surface area is 155 Å². The van der Waals surface area contributed by atoms with Crippen LogP contribution in [0.15, 0.2) is 53.1 Å². The van der Waals surface area contributed by atoms with Crippen molar-refractivity contribution in [1.82, 2.24) is 0 Å². The zero-order valence-electron chi connectivity index (χ0n) is 14.7. The lowest BCUT2D eigenvalue weighted by Crippen LogP contribution is -2.21. The number of phenols is 1. The van der Waals surface area contributed by atoms with Crippen LogP contribution in [0.25, 0.3) is 6.08 Å². The van der Waals surface area contributed by atoms with Crippen molar-refractivity contribution in [2.75, 3.05) is 11.6 Å². The van der Waals surface area contributed by atoms with Crippen molar-refractivity contribution in [2.45, 2.75) is 13.8 Å². The molecule has 1 N–H and O–H groups in total. The lowest BCUT2D eigenvalue weighted by atomic mass is 10.1. The molecule has 8 heteroatoms. The van der Waals surface area contributed by atoms with Crippen LogP contribution in [0.2, 0.25) is 0 Å². The number of carbonyl (C=O) groups is 1. The Balaban J connectivity index is 2.05. The van der Waals surface area contributed by atoms with Crippen LogP contribution in [-0.4, -0.2) is 28.3 Å². The van der Waals surface area contributed by atoms with Gasteiger partial charge < -0.3 is 9.84 Å². The lowest BCUT2D eigenvalue weighted by molar-refractivity contribution is -0.385. The van der Waals surface area contributed by atoms with E-state index in [9.17, 15) is 20.0 Å². The van der Waals surface area contributed by atoms with Gasteiger partial charge >= 0.3 is 0 Å². The third-order valence-electron chi connectivity index (χ3n) is 3.96. The molecule has 0 spiro atoms. The predicted octanol–water partition coefficient (Wildman–Crippen LogP) is 3.51. The number of nitrogens with zero attached hydrogens (tertiary/aromatic N) is 3. The van der Waals surface area contributed by atoms with Gasteiger partial charge in [0.1, 0.15) is 0 Å². The van der Waals surface area contributed by atoms with Gasteiger partial charge in [-0.15, -0.1) is 0 Å². The summed E-state index contributed by atoms with van der Waals surface area (Å²) < 4.78 is 5.27. The molecule has 1 aliphatic rings. The number of nitro benzene ring substituents is 1. The molecule has 0 atom stereocenters. The molecule has 8 nitrogen and oxygen atoms in total. The largest absolute Gasteiger partial charge is 0.504 e. The monoisotopic (exact) mass is 367 g/mol. The fourth-order valence-electron chi connectivity index (χ4n) is 2.68. The average molecular weight is 367 g/mol. The van der Waals surface area contributed by atoms with Crippen LogP contribution >= 0.6 is 0 Å². The van der Waals surface area contributed by atoms with Gasteiger partial charge in [0, 0.05) is 11.6 Å². The van der Waals surface area contributed by atoms with Crippen molar-refractivity contribution < 1.29 is 19.6 Å². The number of amides is 1. The van der Waals surface area contributed by atoms with Gasteiger partial charge in [-0.05, 0) is 32.1 Å². The van der Waals surface area contributed by atoms with E-state index in [1.54, 1.807) is 38.1 Å². The van der Waals surface area contributed by atoms with Crippen LogP contribution in [0.5, 0.6) is 11.5 Å². The number of hydrogen-bond acceptors (Lipinski definition) is 6. The van der Waals surface area contributed by atoms with Gasteiger partial charge in [0.25, 0.3) is 11.6 Å². The number of ether oxygens (including phenoxy) is 1. The molecule has 2 aromatic carbocycles. The quantitative estimate of drug-likeness (QED) is 0.495. The highest BCUT2D eigenvalue weighted by atomic mass is 16.6. The van der Waals surface area contributed by atoms with Gasteiger partial charge in [0.2, 0.25) is 0 Å². The number of nitro groups is 1. The average Bonchev–Trinajstić information content (AvgIpc) is 2.93. The Morgan fingerprint density at radius 3 is 2.63 bits per heavy atom. The smallest absolute Gasteiger partial charge is 0.280 e. The number of rotatable bonds is 5. The van der Waals surface area contributed by atoms with E-state index < -0.39 is 4.92 Å². The molecule has 0 saturated carbocycles. The predicted molar refractivity (Wildman–Crippen MR) is 101 cm³/mol. The summed E-state index contributed by atoms with van der Waals surface area (Å²) in [6.45, 7) is 3.59. The minimum absolute atomic E-state index is 0.0153. The minimum Gasteiger partial charge on any atom is -0.504 e. The molecule has 0 unspecified atom stereocenters. The number of hydrogen-bond donors (Lipinski definition) is 1. The van der Waals surface area contributed by atoms with E-state index in [0.717, 1.165) is 6.07 Å². The molecule has 0 aromatic heterocycles. The van der Waals surface area contributed by atoms with Gasteiger partial charge in [-0.3, -0.25) is 14.9 Å². The molecular weight excluding hydrogens is 350 g/mol. The highest BCUT2D eigenvalue weighted by Gasteiger charge is 2.29. The van der Waals surface area contributed by atoms with E-state index in [1.165, 1.54) is 17.2 Å². The van der Waals surface area contributed by atoms with Crippen molar-refractivity contribution >= 4 is 29.1 Å². The van der Waals surface area contributed by atoms with Crippen molar-refractivity contribution in [1.29, 1.82) is 0 Å². The first kappa shape index (κ1) is 18.1. The fraction of sp³-hybridized carbons (Fsp3) is 0.158. The Morgan fingerprint density at radius 2 is 2.00 bits per heavy atom. The molecule has 3 rings (SSSR count). The zero-order chi connectivity index (χ0) is 19.6. The van der Waals surface area contributed by atoms with E-state index >= 15 is 0 Å². The second kappa shape index (κ2) is 7.28. The molecule has 0 fully saturated rings. The molecule has 1 heterocycles. The molecule has 1 aliphatic heterocycles. The highest BCUT2D eigenvalue weighted by molar-refractivity contribution is 6.32. The summed E-state index contributed by atoms with van der Waals surface area (Å²) in [7, 11) is 0. The van der Waals surface area contributed by atoms with Crippen molar-refractivity contribution in [3.8, 4) is 11.5 Å². The first-order valence-corrected chi connectivity index (χ1v) is 8.23.